The molecule has 0 spiro atoms. The lowest BCUT2D eigenvalue weighted by atomic mass is 9.82. The van der Waals surface area contributed by atoms with E-state index >= 15 is 0 Å². The van der Waals surface area contributed by atoms with Crippen molar-refractivity contribution in [3.05, 3.63) is 35.4 Å². The number of aliphatic hydroxyl groups is 1. The second kappa shape index (κ2) is 4.91. The number of rotatable bonds is 2. The van der Waals surface area contributed by atoms with Gasteiger partial charge in [-0.15, -0.1) is 0 Å². The lowest BCUT2D eigenvalue weighted by Crippen LogP contribution is -2.26. The molecule has 0 aromatic heterocycles. The molecule has 0 bridgehead atoms. The van der Waals surface area contributed by atoms with Gasteiger partial charge < -0.3 is 5.11 Å². The van der Waals surface area contributed by atoms with Gasteiger partial charge in [0.15, 0.2) is 0 Å². The predicted molar refractivity (Wildman–Crippen MR) is 58.0 cm³/mol. The second-order valence-corrected chi connectivity index (χ2v) is 4.59. The fourth-order valence-corrected chi connectivity index (χ4v) is 2.46. The summed E-state index contributed by atoms with van der Waals surface area (Å²) in [6.07, 6.45) is 4.15. The Morgan fingerprint density at radius 2 is 1.69 bits per heavy atom. The Morgan fingerprint density at radius 3 is 2.31 bits per heavy atom. The molecule has 0 saturated heterocycles. The first-order valence-corrected chi connectivity index (χ1v) is 5.78. The van der Waals surface area contributed by atoms with Crippen molar-refractivity contribution >= 4 is 0 Å². The normalized spacial score (nSPS) is 25.7. The Labute approximate surface area is 94.1 Å². The summed E-state index contributed by atoms with van der Waals surface area (Å²) in [5.74, 6) is -0.935. The van der Waals surface area contributed by atoms with Crippen molar-refractivity contribution in [3.8, 4) is 0 Å². The van der Waals surface area contributed by atoms with E-state index in [1.807, 2.05) is 0 Å². The van der Waals surface area contributed by atoms with Crippen molar-refractivity contribution in [1.82, 2.24) is 0 Å². The van der Waals surface area contributed by atoms with Crippen molar-refractivity contribution in [2.24, 2.45) is 5.92 Å². The minimum atomic E-state index is -0.541. The molecule has 1 fully saturated rings. The van der Waals surface area contributed by atoms with Gasteiger partial charge in [-0.3, -0.25) is 0 Å². The van der Waals surface area contributed by atoms with Crippen LogP contribution < -0.4 is 0 Å². The van der Waals surface area contributed by atoms with Crippen LogP contribution in [0, 0.1) is 17.6 Å². The zero-order valence-electron chi connectivity index (χ0n) is 9.13. The fraction of sp³-hybridized carbons (Fsp3) is 0.538. The fourth-order valence-electron chi connectivity index (χ4n) is 2.46. The minimum Gasteiger partial charge on any atom is -0.393 e. The molecule has 2 atom stereocenters. The quantitative estimate of drug-likeness (QED) is 0.821. The van der Waals surface area contributed by atoms with Gasteiger partial charge in [-0.1, -0.05) is 12.8 Å². The summed E-state index contributed by atoms with van der Waals surface area (Å²) in [4.78, 5) is 0. The number of hydrogen-bond donors (Lipinski definition) is 1. The van der Waals surface area contributed by atoms with Crippen molar-refractivity contribution in [1.29, 1.82) is 0 Å². The molecule has 0 amide bonds. The molecule has 1 saturated carbocycles. The number of benzene rings is 1. The molecule has 1 aliphatic rings. The van der Waals surface area contributed by atoms with Gasteiger partial charge in [-0.2, -0.15) is 0 Å². The molecular formula is C13H16F2O. The second-order valence-electron chi connectivity index (χ2n) is 4.59. The van der Waals surface area contributed by atoms with E-state index in [1.165, 1.54) is 12.1 Å². The molecular weight excluding hydrogens is 210 g/mol. The third-order valence-corrected chi connectivity index (χ3v) is 3.29. The first-order valence-electron chi connectivity index (χ1n) is 5.78. The Morgan fingerprint density at radius 1 is 1.06 bits per heavy atom. The molecule has 88 valence electrons. The molecule has 0 radical (unpaired) electrons. The Balaban J connectivity index is 2.07. The van der Waals surface area contributed by atoms with Crippen LogP contribution in [0.15, 0.2) is 18.2 Å². The van der Waals surface area contributed by atoms with Gasteiger partial charge in [0.05, 0.1) is 6.10 Å². The van der Waals surface area contributed by atoms with E-state index in [0.29, 0.717) is 12.0 Å². The molecule has 0 heterocycles. The molecule has 2 rings (SSSR count). The molecule has 1 aromatic carbocycles. The summed E-state index contributed by atoms with van der Waals surface area (Å²) in [5, 5.41) is 9.78. The Bertz CT molecular complexity index is 345. The molecule has 1 aromatic rings. The Hall–Kier alpha value is -0.960. The highest BCUT2D eigenvalue weighted by Gasteiger charge is 2.23. The first-order chi connectivity index (χ1) is 7.65. The van der Waals surface area contributed by atoms with Crippen molar-refractivity contribution < 1.29 is 13.9 Å². The third kappa shape index (κ3) is 2.79. The van der Waals surface area contributed by atoms with Gasteiger partial charge in [-0.25, -0.2) is 8.78 Å². The summed E-state index contributed by atoms with van der Waals surface area (Å²) in [5.41, 5.74) is 0.642. The summed E-state index contributed by atoms with van der Waals surface area (Å²) >= 11 is 0. The monoisotopic (exact) mass is 226 g/mol. The molecule has 2 unspecified atom stereocenters. The highest BCUT2D eigenvalue weighted by atomic mass is 19.1. The van der Waals surface area contributed by atoms with E-state index in [9.17, 15) is 13.9 Å². The van der Waals surface area contributed by atoms with Crippen molar-refractivity contribution in [2.45, 2.75) is 38.2 Å². The van der Waals surface area contributed by atoms with Gasteiger partial charge in [0.25, 0.3) is 0 Å². The lowest BCUT2D eigenvalue weighted by Gasteiger charge is -2.27. The van der Waals surface area contributed by atoms with Gasteiger partial charge in [0.1, 0.15) is 11.6 Å². The van der Waals surface area contributed by atoms with E-state index < -0.39 is 11.6 Å². The van der Waals surface area contributed by atoms with Crippen molar-refractivity contribution in [2.75, 3.05) is 0 Å². The number of hydrogen-bond acceptors (Lipinski definition) is 1. The zero-order valence-corrected chi connectivity index (χ0v) is 9.13. The third-order valence-electron chi connectivity index (χ3n) is 3.29. The summed E-state index contributed by atoms with van der Waals surface area (Å²) in [6.45, 7) is 0. The van der Waals surface area contributed by atoms with Crippen molar-refractivity contribution in [3.63, 3.8) is 0 Å². The van der Waals surface area contributed by atoms with Gasteiger partial charge in [0.2, 0.25) is 0 Å². The Kier molecular flexibility index (Phi) is 3.54. The first kappa shape index (κ1) is 11.5. The van der Waals surface area contributed by atoms with E-state index in [0.717, 1.165) is 31.7 Å². The van der Waals surface area contributed by atoms with Crippen LogP contribution in [0.1, 0.15) is 31.2 Å². The molecule has 3 heteroatoms. The standard InChI is InChI=1S/C13H16F2O/c14-11-6-9(7-12(15)8-11)5-10-3-1-2-4-13(10)16/h6-8,10,13,16H,1-5H2. The predicted octanol–water partition coefficient (Wildman–Crippen LogP) is 3.06. The van der Waals surface area contributed by atoms with Gasteiger partial charge in [0, 0.05) is 6.07 Å². The van der Waals surface area contributed by atoms with E-state index in [4.69, 9.17) is 0 Å². The number of halogens is 2. The summed E-state index contributed by atoms with van der Waals surface area (Å²) < 4.78 is 26.0. The summed E-state index contributed by atoms with van der Waals surface area (Å²) in [6, 6.07) is 3.58. The smallest absolute Gasteiger partial charge is 0.126 e. The average Bonchev–Trinajstić information content (AvgIpc) is 2.20. The van der Waals surface area contributed by atoms with Crippen LogP contribution in [0.3, 0.4) is 0 Å². The maximum absolute atomic E-state index is 13.0. The molecule has 1 N–H and O–H groups in total. The van der Waals surface area contributed by atoms with E-state index in [2.05, 4.69) is 0 Å². The van der Waals surface area contributed by atoms with E-state index in [-0.39, 0.29) is 12.0 Å². The SMILES string of the molecule is OC1CCCCC1Cc1cc(F)cc(F)c1. The van der Waals surface area contributed by atoms with Crippen LogP contribution in [0.4, 0.5) is 8.78 Å². The van der Waals surface area contributed by atoms with Crippen LogP contribution in [-0.2, 0) is 6.42 Å². The maximum atomic E-state index is 13.0. The van der Waals surface area contributed by atoms with Crippen LogP contribution in [0.25, 0.3) is 0 Å². The molecule has 0 aliphatic heterocycles. The highest BCUT2D eigenvalue weighted by molar-refractivity contribution is 5.18. The van der Waals surface area contributed by atoms with E-state index in [1.54, 1.807) is 0 Å². The molecule has 16 heavy (non-hydrogen) atoms. The molecule has 1 nitrogen and oxygen atoms in total. The van der Waals surface area contributed by atoms with Crippen LogP contribution in [0.5, 0.6) is 0 Å². The van der Waals surface area contributed by atoms with Crippen LogP contribution in [0.2, 0.25) is 0 Å². The molecule has 1 aliphatic carbocycles. The lowest BCUT2D eigenvalue weighted by molar-refractivity contribution is 0.0699. The van der Waals surface area contributed by atoms with Crippen LogP contribution in [-0.4, -0.2) is 11.2 Å². The average molecular weight is 226 g/mol. The maximum Gasteiger partial charge on any atom is 0.126 e. The van der Waals surface area contributed by atoms with Gasteiger partial charge in [-0.05, 0) is 42.9 Å². The van der Waals surface area contributed by atoms with Crippen LogP contribution >= 0.6 is 0 Å². The highest BCUT2D eigenvalue weighted by Crippen LogP contribution is 2.27. The summed E-state index contributed by atoms with van der Waals surface area (Å²) in [7, 11) is 0. The largest absolute Gasteiger partial charge is 0.393 e. The minimum absolute atomic E-state index is 0.148. The number of aliphatic hydroxyl groups excluding tert-OH is 1. The van der Waals surface area contributed by atoms with Gasteiger partial charge >= 0.3 is 0 Å². The zero-order chi connectivity index (χ0) is 11.5. The topological polar surface area (TPSA) is 20.2 Å².